The van der Waals surface area contributed by atoms with Crippen LogP contribution in [-0.2, 0) is 9.53 Å². The molecule has 1 unspecified atom stereocenters. The first-order chi connectivity index (χ1) is 9.88. The second-order valence-electron chi connectivity index (χ2n) is 5.00. The van der Waals surface area contributed by atoms with Gasteiger partial charge in [-0.05, 0) is 31.2 Å². The van der Waals surface area contributed by atoms with Crippen LogP contribution in [0, 0.1) is 0 Å². The van der Waals surface area contributed by atoms with Gasteiger partial charge in [0, 0.05) is 12.6 Å². The van der Waals surface area contributed by atoms with E-state index < -0.39 is 30.7 Å². The van der Waals surface area contributed by atoms with Crippen molar-refractivity contribution >= 4 is 11.6 Å². The average molecular weight is 297 g/mol. The maximum atomic E-state index is 10.9. The zero-order valence-electron chi connectivity index (χ0n) is 11.8. The molecule has 1 aliphatic heterocycles. The van der Waals surface area contributed by atoms with Crippen molar-refractivity contribution in [3.63, 3.8) is 0 Å². The molecule has 1 fully saturated rings. The van der Waals surface area contributed by atoms with Crippen LogP contribution < -0.4 is 10.1 Å². The summed E-state index contributed by atoms with van der Waals surface area (Å²) in [6, 6.07) is 6.48. The van der Waals surface area contributed by atoms with Gasteiger partial charge in [-0.2, -0.15) is 0 Å². The van der Waals surface area contributed by atoms with E-state index in [1.165, 1.54) is 6.92 Å². The van der Waals surface area contributed by atoms with E-state index in [1.54, 1.807) is 31.2 Å². The van der Waals surface area contributed by atoms with Crippen LogP contribution in [0.1, 0.15) is 13.8 Å². The zero-order chi connectivity index (χ0) is 15.6. The van der Waals surface area contributed by atoms with Crippen LogP contribution in [0.2, 0.25) is 0 Å². The maximum Gasteiger partial charge on any atom is 0.229 e. The first kappa shape index (κ1) is 15.7. The highest BCUT2D eigenvalue weighted by molar-refractivity contribution is 5.88. The summed E-state index contributed by atoms with van der Waals surface area (Å²) >= 11 is 0. The SMILES string of the molecule is CC(=O)Nc1ccc(O[C@@H]2O[C@@H](C)C(O)[C@@H](O)[C@H]2O)cc1. The number of hydrogen-bond acceptors (Lipinski definition) is 6. The van der Waals surface area contributed by atoms with E-state index in [0.717, 1.165) is 0 Å². The van der Waals surface area contributed by atoms with Gasteiger partial charge in [-0.1, -0.05) is 0 Å². The molecule has 0 saturated carbocycles. The second kappa shape index (κ2) is 6.40. The lowest BCUT2D eigenvalue weighted by Crippen LogP contribution is -2.58. The van der Waals surface area contributed by atoms with Gasteiger partial charge >= 0.3 is 0 Å². The summed E-state index contributed by atoms with van der Waals surface area (Å²) in [6.45, 7) is 2.99. The van der Waals surface area contributed by atoms with Crippen molar-refractivity contribution < 1.29 is 29.6 Å². The van der Waals surface area contributed by atoms with E-state index in [0.29, 0.717) is 11.4 Å². The predicted octanol–water partition coefficient (Wildman–Crippen LogP) is -0.149. The molecule has 4 N–H and O–H groups in total. The Labute approximate surface area is 122 Å². The Morgan fingerprint density at radius 2 is 1.76 bits per heavy atom. The van der Waals surface area contributed by atoms with Gasteiger partial charge in [-0.3, -0.25) is 4.79 Å². The molecule has 5 atom stereocenters. The molecule has 7 heteroatoms. The number of aliphatic hydroxyl groups excluding tert-OH is 3. The molecule has 0 radical (unpaired) electrons. The van der Waals surface area contributed by atoms with E-state index in [-0.39, 0.29) is 5.91 Å². The molecule has 0 aliphatic carbocycles. The highest BCUT2D eigenvalue weighted by Crippen LogP contribution is 2.24. The molecule has 1 aromatic carbocycles. The number of ether oxygens (including phenoxy) is 2. The Kier molecular flexibility index (Phi) is 4.79. The minimum Gasteiger partial charge on any atom is -0.462 e. The van der Waals surface area contributed by atoms with Crippen LogP contribution in [0.5, 0.6) is 5.75 Å². The van der Waals surface area contributed by atoms with Gasteiger partial charge in [0.15, 0.2) is 0 Å². The van der Waals surface area contributed by atoms with Gasteiger partial charge in [0.05, 0.1) is 6.10 Å². The summed E-state index contributed by atoms with van der Waals surface area (Å²) in [5, 5.41) is 31.8. The van der Waals surface area contributed by atoms with E-state index in [4.69, 9.17) is 9.47 Å². The topological polar surface area (TPSA) is 108 Å². The van der Waals surface area contributed by atoms with Gasteiger partial charge in [-0.25, -0.2) is 0 Å². The molecule has 2 rings (SSSR count). The van der Waals surface area contributed by atoms with Gasteiger partial charge in [0.25, 0.3) is 0 Å². The third kappa shape index (κ3) is 3.70. The number of anilines is 1. The predicted molar refractivity (Wildman–Crippen MR) is 73.7 cm³/mol. The van der Waals surface area contributed by atoms with Crippen molar-refractivity contribution in [1.82, 2.24) is 0 Å². The normalized spacial score (nSPS) is 32.5. The molecule has 0 spiro atoms. The minimum absolute atomic E-state index is 0.180. The van der Waals surface area contributed by atoms with Crippen LogP contribution in [-0.4, -0.2) is 51.9 Å². The molecule has 1 aliphatic rings. The van der Waals surface area contributed by atoms with E-state index in [9.17, 15) is 20.1 Å². The number of amides is 1. The first-order valence-corrected chi connectivity index (χ1v) is 6.62. The smallest absolute Gasteiger partial charge is 0.229 e. The number of hydrogen-bond donors (Lipinski definition) is 4. The van der Waals surface area contributed by atoms with Crippen LogP contribution in [0.25, 0.3) is 0 Å². The van der Waals surface area contributed by atoms with Crippen molar-refractivity contribution in [2.24, 2.45) is 0 Å². The molecule has 1 amide bonds. The molecule has 0 bridgehead atoms. The molecule has 21 heavy (non-hydrogen) atoms. The Balaban J connectivity index is 2.02. The third-order valence-corrected chi connectivity index (χ3v) is 3.24. The van der Waals surface area contributed by atoms with Crippen molar-refractivity contribution in [2.75, 3.05) is 5.32 Å². The van der Waals surface area contributed by atoms with E-state index in [2.05, 4.69) is 5.32 Å². The van der Waals surface area contributed by atoms with Gasteiger partial charge in [0.1, 0.15) is 24.1 Å². The number of benzene rings is 1. The van der Waals surface area contributed by atoms with Crippen molar-refractivity contribution in [1.29, 1.82) is 0 Å². The Morgan fingerprint density at radius 3 is 2.33 bits per heavy atom. The van der Waals surface area contributed by atoms with Crippen LogP contribution in [0.4, 0.5) is 5.69 Å². The highest BCUT2D eigenvalue weighted by Gasteiger charge is 2.43. The van der Waals surface area contributed by atoms with E-state index in [1.807, 2.05) is 0 Å². The lowest BCUT2D eigenvalue weighted by molar-refractivity contribution is -0.268. The van der Waals surface area contributed by atoms with E-state index >= 15 is 0 Å². The molecule has 116 valence electrons. The summed E-state index contributed by atoms with van der Waals surface area (Å²) in [5.74, 6) is 0.226. The second-order valence-corrected chi connectivity index (χ2v) is 5.00. The van der Waals surface area contributed by atoms with Gasteiger partial charge in [-0.15, -0.1) is 0 Å². The molecule has 0 aromatic heterocycles. The van der Waals surface area contributed by atoms with Crippen LogP contribution >= 0.6 is 0 Å². The number of aliphatic hydroxyl groups is 3. The number of carbonyl (C=O) groups excluding carboxylic acids is 1. The van der Waals surface area contributed by atoms with Crippen molar-refractivity contribution in [2.45, 2.75) is 44.6 Å². The Hall–Kier alpha value is -1.67. The molecule has 1 heterocycles. The van der Waals surface area contributed by atoms with Crippen molar-refractivity contribution in [3.05, 3.63) is 24.3 Å². The van der Waals surface area contributed by atoms with Crippen molar-refractivity contribution in [3.8, 4) is 5.75 Å². The maximum absolute atomic E-state index is 10.9. The fourth-order valence-corrected chi connectivity index (χ4v) is 2.06. The summed E-state index contributed by atoms with van der Waals surface area (Å²) in [5.41, 5.74) is 0.615. The lowest BCUT2D eigenvalue weighted by Gasteiger charge is -2.38. The van der Waals surface area contributed by atoms with Crippen LogP contribution in [0.3, 0.4) is 0 Å². The molecular formula is C14H19NO6. The van der Waals surface area contributed by atoms with Gasteiger partial charge < -0.3 is 30.1 Å². The Bertz CT molecular complexity index is 491. The molecule has 1 saturated heterocycles. The number of carbonyl (C=O) groups is 1. The molecular weight excluding hydrogens is 278 g/mol. The van der Waals surface area contributed by atoms with Gasteiger partial charge in [0.2, 0.25) is 12.2 Å². The summed E-state index contributed by atoms with van der Waals surface area (Å²) in [6.07, 6.45) is -5.59. The lowest BCUT2D eigenvalue weighted by atomic mass is 10.00. The first-order valence-electron chi connectivity index (χ1n) is 6.62. The summed E-state index contributed by atoms with van der Waals surface area (Å²) in [7, 11) is 0. The standard InChI is InChI=1S/C14H19NO6/c1-7-11(17)12(18)13(19)14(20-7)21-10-5-3-9(4-6-10)15-8(2)16/h3-7,11-14,17-19H,1-2H3,(H,15,16)/t7-,11?,12+,13+,14-/m0/s1. The third-order valence-electron chi connectivity index (χ3n) is 3.24. The monoisotopic (exact) mass is 297 g/mol. The number of nitrogens with one attached hydrogen (secondary N) is 1. The average Bonchev–Trinajstić information content (AvgIpc) is 2.44. The molecule has 1 aromatic rings. The molecule has 7 nitrogen and oxygen atoms in total. The number of rotatable bonds is 3. The van der Waals surface area contributed by atoms with Crippen LogP contribution in [0.15, 0.2) is 24.3 Å². The fraction of sp³-hybridized carbons (Fsp3) is 0.500. The fourth-order valence-electron chi connectivity index (χ4n) is 2.06. The summed E-state index contributed by atoms with van der Waals surface area (Å²) in [4.78, 5) is 10.9. The Morgan fingerprint density at radius 1 is 1.14 bits per heavy atom. The highest BCUT2D eigenvalue weighted by atomic mass is 16.7. The summed E-state index contributed by atoms with van der Waals surface area (Å²) < 4.78 is 10.8. The minimum atomic E-state index is -1.36. The quantitative estimate of drug-likeness (QED) is 0.618. The zero-order valence-corrected chi connectivity index (χ0v) is 11.8. The largest absolute Gasteiger partial charge is 0.462 e.